The van der Waals surface area contributed by atoms with Crippen molar-refractivity contribution in [2.24, 2.45) is 5.92 Å². The summed E-state index contributed by atoms with van der Waals surface area (Å²) < 4.78 is 14.5. The van der Waals surface area contributed by atoms with Gasteiger partial charge in [0.15, 0.2) is 5.54 Å². The van der Waals surface area contributed by atoms with Crippen LogP contribution in [0, 0.1) is 11.7 Å². The minimum absolute atomic E-state index is 0.191. The second kappa shape index (κ2) is 7.46. The largest absolute Gasteiger partial charge is 0.479 e. The Labute approximate surface area is 145 Å². The van der Waals surface area contributed by atoms with Gasteiger partial charge in [-0.05, 0) is 44.4 Å². The van der Waals surface area contributed by atoms with Crippen LogP contribution in [0.15, 0.2) is 36.7 Å². The molecule has 0 spiro atoms. The van der Waals surface area contributed by atoms with Gasteiger partial charge in [-0.25, -0.2) is 9.18 Å². The second-order valence-electron chi connectivity index (χ2n) is 6.60. The summed E-state index contributed by atoms with van der Waals surface area (Å²) in [4.78, 5) is 23.5. The van der Waals surface area contributed by atoms with Crippen LogP contribution < -0.4 is 5.32 Å². The van der Waals surface area contributed by atoms with Crippen LogP contribution in [0.25, 0.3) is 0 Å². The summed E-state index contributed by atoms with van der Waals surface area (Å²) in [5.41, 5.74) is 0.0824. The molecule has 0 saturated heterocycles. The van der Waals surface area contributed by atoms with E-state index in [1.165, 1.54) is 43.1 Å². The monoisotopic (exact) mass is 347 g/mol. The number of aromatic nitrogens is 2. The summed E-state index contributed by atoms with van der Waals surface area (Å²) in [7, 11) is 0. The summed E-state index contributed by atoms with van der Waals surface area (Å²) >= 11 is 0. The number of hydrogen-bond acceptors (Lipinski definition) is 3. The standard InChI is InChI=1S/C18H22FN3O3/c1-12(7-8-13-5-4-6-14(19)9-13)16(23)21-15-10-20-22(11-15)18(2,3)17(24)25/h4-6,9-12H,7-8H2,1-3H3,(H,21,23)(H,24,25). The first-order valence-corrected chi connectivity index (χ1v) is 8.04. The molecule has 1 aromatic carbocycles. The van der Waals surface area contributed by atoms with E-state index in [1.54, 1.807) is 13.0 Å². The molecule has 0 radical (unpaired) electrons. The first-order chi connectivity index (χ1) is 11.7. The van der Waals surface area contributed by atoms with E-state index in [0.717, 1.165) is 5.56 Å². The zero-order valence-corrected chi connectivity index (χ0v) is 14.5. The van der Waals surface area contributed by atoms with E-state index in [2.05, 4.69) is 10.4 Å². The number of carboxylic acids is 1. The summed E-state index contributed by atoms with van der Waals surface area (Å²) in [6.45, 7) is 4.84. The number of aryl methyl sites for hydroxylation is 1. The molecule has 7 heteroatoms. The quantitative estimate of drug-likeness (QED) is 0.806. The van der Waals surface area contributed by atoms with Crippen LogP contribution in [0.4, 0.5) is 10.1 Å². The third kappa shape index (κ3) is 4.65. The van der Waals surface area contributed by atoms with Gasteiger partial charge >= 0.3 is 5.97 Å². The summed E-state index contributed by atoms with van der Waals surface area (Å²) in [5.74, 6) is -1.77. The molecule has 1 aromatic heterocycles. The number of hydrogen-bond donors (Lipinski definition) is 2. The predicted molar refractivity (Wildman–Crippen MR) is 91.7 cm³/mol. The number of nitrogens with one attached hydrogen (secondary N) is 1. The topological polar surface area (TPSA) is 84.2 Å². The van der Waals surface area contributed by atoms with Crippen molar-refractivity contribution in [1.29, 1.82) is 0 Å². The molecule has 1 amide bonds. The number of rotatable bonds is 7. The first-order valence-electron chi connectivity index (χ1n) is 8.04. The van der Waals surface area contributed by atoms with Crippen LogP contribution in [-0.2, 0) is 21.5 Å². The van der Waals surface area contributed by atoms with Crippen molar-refractivity contribution in [2.45, 2.75) is 39.2 Å². The molecule has 25 heavy (non-hydrogen) atoms. The number of carboxylic acid groups (broad SMARTS) is 1. The normalized spacial score (nSPS) is 12.6. The van der Waals surface area contributed by atoms with Gasteiger partial charge in [-0.2, -0.15) is 5.10 Å². The van der Waals surface area contributed by atoms with Gasteiger partial charge in [0.25, 0.3) is 0 Å². The number of carbonyl (C=O) groups is 2. The molecule has 0 aliphatic rings. The van der Waals surface area contributed by atoms with Gasteiger partial charge in [-0.15, -0.1) is 0 Å². The number of benzene rings is 1. The van der Waals surface area contributed by atoms with Crippen molar-refractivity contribution in [3.8, 4) is 0 Å². The first kappa shape index (κ1) is 18.6. The predicted octanol–water partition coefficient (Wildman–Crippen LogP) is 3.05. The van der Waals surface area contributed by atoms with Crippen molar-refractivity contribution in [1.82, 2.24) is 9.78 Å². The van der Waals surface area contributed by atoms with Crippen molar-refractivity contribution < 1.29 is 19.1 Å². The molecular formula is C18H22FN3O3. The Kier molecular flexibility index (Phi) is 5.56. The Balaban J connectivity index is 1.93. The average molecular weight is 347 g/mol. The SMILES string of the molecule is CC(CCc1cccc(F)c1)C(=O)Nc1cnn(C(C)(C)C(=O)O)c1. The molecule has 6 nitrogen and oxygen atoms in total. The van der Waals surface area contributed by atoms with Gasteiger partial charge in [-0.1, -0.05) is 19.1 Å². The van der Waals surface area contributed by atoms with Crippen LogP contribution >= 0.6 is 0 Å². The zero-order chi connectivity index (χ0) is 18.6. The lowest BCUT2D eigenvalue weighted by Gasteiger charge is -2.19. The third-order valence-electron chi connectivity index (χ3n) is 4.15. The number of carbonyl (C=O) groups excluding carboxylic acids is 1. The maximum absolute atomic E-state index is 13.2. The van der Waals surface area contributed by atoms with Gasteiger partial charge in [0.1, 0.15) is 5.82 Å². The number of aliphatic carboxylic acids is 1. The second-order valence-corrected chi connectivity index (χ2v) is 6.60. The lowest BCUT2D eigenvalue weighted by Crippen LogP contribution is -2.35. The molecule has 0 aliphatic carbocycles. The van der Waals surface area contributed by atoms with Gasteiger partial charge in [-0.3, -0.25) is 9.48 Å². The van der Waals surface area contributed by atoms with Crippen molar-refractivity contribution in [3.63, 3.8) is 0 Å². The zero-order valence-electron chi connectivity index (χ0n) is 14.5. The summed E-state index contributed by atoms with van der Waals surface area (Å²) in [6, 6.07) is 6.32. The van der Waals surface area contributed by atoms with E-state index in [-0.39, 0.29) is 17.6 Å². The highest BCUT2D eigenvalue weighted by Crippen LogP contribution is 2.18. The Morgan fingerprint density at radius 3 is 2.76 bits per heavy atom. The summed E-state index contributed by atoms with van der Waals surface area (Å²) in [5, 5.41) is 15.9. The minimum Gasteiger partial charge on any atom is -0.479 e. The molecule has 2 N–H and O–H groups in total. The molecule has 1 atom stereocenters. The van der Waals surface area contributed by atoms with Crippen molar-refractivity contribution in [3.05, 3.63) is 48.0 Å². The fourth-order valence-electron chi connectivity index (χ4n) is 2.26. The van der Waals surface area contributed by atoms with Crippen molar-refractivity contribution >= 4 is 17.6 Å². The molecule has 134 valence electrons. The molecular weight excluding hydrogens is 325 g/mol. The molecule has 2 rings (SSSR count). The highest BCUT2D eigenvalue weighted by Gasteiger charge is 2.30. The Hall–Kier alpha value is -2.70. The minimum atomic E-state index is -1.20. The van der Waals surface area contributed by atoms with E-state index in [4.69, 9.17) is 0 Å². The molecule has 0 fully saturated rings. The smallest absolute Gasteiger partial charge is 0.331 e. The molecule has 2 aromatic rings. The molecule has 0 saturated carbocycles. The lowest BCUT2D eigenvalue weighted by molar-refractivity contribution is -0.146. The maximum atomic E-state index is 13.2. The van der Waals surface area contributed by atoms with Crippen LogP contribution in [0.3, 0.4) is 0 Å². The Morgan fingerprint density at radius 2 is 2.12 bits per heavy atom. The van der Waals surface area contributed by atoms with E-state index in [1.807, 2.05) is 6.07 Å². The number of nitrogens with zero attached hydrogens (tertiary/aromatic N) is 2. The summed E-state index contributed by atoms with van der Waals surface area (Å²) in [6.07, 6.45) is 4.08. The third-order valence-corrected chi connectivity index (χ3v) is 4.15. The highest BCUT2D eigenvalue weighted by molar-refractivity contribution is 5.92. The van der Waals surface area contributed by atoms with E-state index < -0.39 is 11.5 Å². The van der Waals surface area contributed by atoms with Crippen LogP contribution in [-0.4, -0.2) is 26.8 Å². The molecule has 0 aliphatic heterocycles. The van der Waals surface area contributed by atoms with Gasteiger partial charge in [0.2, 0.25) is 5.91 Å². The lowest BCUT2D eigenvalue weighted by atomic mass is 10.0. The number of anilines is 1. The van der Waals surface area contributed by atoms with Crippen LogP contribution in [0.1, 0.15) is 32.8 Å². The fourth-order valence-corrected chi connectivity index (χ4v) is 2.26. The maximum Gasteiger partial charge on any atom is 0.331 e. The fraction of sp³-hybridized carbons (Fsp3) is 0.389. The number of amides is 1. The number of halogens is 1. The van der Waals surface area contributed by atoms with Crippen molar-refractivity contribution in [2.75, 3.05) is 5.32 Å². The van der Waals surface area contributed by atoms with Gasteiger partial charge in [0, 0.05) is 12.1 Å². The Bertz CT molecular complexity index is 770. The Morgan fingerprint density at radius 1 is 1.40 bits per heavy atom. The average Bonchev–Trinajstić information content (AvgIpc) is 3.01. The van der Waals surface area contributed by atoms with E-state index in [0.29, 0.717) is 18.5 Å². The molecule has 0 bridgehead atoms. The highest BCUT2D eigenvalue weighted by atomic mass is 19.1. The van der Waals surface area contributed by atoms with Crippen LogP contribution in [0.2, 0.25) is 0 Å². The van der Waals surface area contributed by atoms with E-state index in [9.17, 15) is 19.1 Å². The van der Waals surface area contributed by atoms with Crippen LogP contribution in [0.5, 0.6) is 0 Å². The van der Waals surface area contributed by atoms with E-state index >= 15 is 0 Å². The molecule has 1 unspecified atom stereocenters. The van der Waals surface area contributed by atoms with Gasteiger partial charge in [0.05, 0.1) is 11.9 Å². The van der Waals surface area contributed by atoms with Gasteiger partial charge < -0.3 is 10.4 Å². The molecule has 1 heterocycles.